The van der Waals surface area contributed by atoms with E-state index < -0.39 is 38.7 Å². The van der Waals surface area contributed by atoms with Gasteiger partial charge in [0.05, 0.1) is 23.1 Å². The Morgan fingerprint density at radius 2 is 1.97 bits per heavy atom. The van der Waals surface area contributed by atoms with Crippen molar-refractivity contribution in [2.75, 3.05) is 13.2 Å². The van der Waals surface area contributed by atoms with Gasteiger partial charge in [0.1, 0.15) is 0 Å². The predicted octanol–water partition coefficient (Wildman–Crippen LogP) is 3.60. The first-order valence-electron chi connectivity index (χ1n) is 9.14. The average molecular weight is 430 g/mol. The number of rotatable bonds is 6. The lowest BCUT2D eigenvalue weighted by Gasteiger charge is -2.36. The molecule has 1 atom stereocenters. The molecule has 0 amide bonds. The zero-order valence-corrected chi connectivity index (χ0v) is 16.5. The Morgan fingerprint density at radius 1 is 1.21 bits per heavy atom. The van der Waals surface area contributed by atoms with Gasteiger partial charge in [-0.05, 0) is 43.7 Å². The van der Waals surface area contributed by atoms with Gasteiger partial charge >= 0.3 is 12.1 Å². The minimum absolute atomic E-state index is 0.00169. The third kappa shape index (κ3) is 4.48. The molecular formula is C19H21F3N2O4S. The number of halogens is 3. The molecule has 1 aliphatic rings. The van der Waals surface area contributed by atoms with Crippen molar-refractivity contribution in [1.29, 1.82) is 0 Å². The van der Waals surface area contributed by atoms with Crippen LogP contribution in [0.3, 0.4) is 0 Å². The second-order valence-corrected chi connectivity index (χ2v) is 8.52. The van der Waals surface area contributed by atoms with Crippen LogP contribution in [0.2, 0.25) is 0 Å². The first-order valence-corrected chi connectivity index (χ1v) is 10.6. The predicted molar refractivity (Wildman–Crippen MR) is 98.4 cm³/mol. The van der Waals surface area contributed by atoms with E-state index in [0.717, 1.165) is 18.2 Å². The summed E-state index contributed by atoms with van der Waals surface area (Å²) in [6.07, 6.45) is -2.67. The summed E-state index contributed by atoms with van der Waals surface area (Å²) in [5.41, 5.74) is -0.335. The molecule has 0 saturated heterocycles. The summed E-state index contributed by atoms with van der Waals surface area (Å²) >= 11 is 0. The molecule has 158 valence electrons. The summed E-state index contributed by atoms with van der Waals surface area (Å²) < 4.78 is 73.6. The first kappa shape index (κ1) is 21.4. The van der Waals surface area contributed by atoms with Crippen molar-refractivity contribution >= 4 is 16.0 Å². The van der Waals surface area contributed by atoms with Gasteiger partial charge in [-0.1, -0.05) is 6.07 Å². The maximum atomic E-state index is 13.2. The first-order chi connectivity index (χ1) is 13.6. The number of ether oxygens (including phenoxy) is 1. The molecule has 1 aliphatic heterocycles. The van der Waals surface area contributed by atoms with Gasteiger partial charge < -0.3 is 9.30 Å². The summed E-state index contributed by atoms with van der Waals surface area (Å²) in [5, 5.41) is 0. The molecule has 0 fully saturated rings. The van der Waals surface area contributed by atoms with Gasteiger partial charge in [0.15, 0.2) is 0 Å². The van der Waals surface area contributed by atoms with Gasteiger partial charge in [-0.3, -0.25) is 4.79 Å². The topological polar surface area (TPSA) is 68.6 Å². The molecule has 1 aromatic heterocycles. The quantitative estimate of drug-likeness (QED) is 0.657. The summed E-state index contributed by atoms with van der Waals surface area (Å²) in [4.78, 5) is 11.4. The highest BCUT2D eigenvalue weighted by molar-refractivity contribution is 7.89. The highest BCUT2D eigenvalue weighted by Crippen LogP contribution is 2.36. The number of aromatic nitrogens is 1. The van der Waals surface area contributed by atoms with Crippen LogP contribution in [-0.2, 0) is 32.3 Å². The smallest absolute Gasteiger partial charge is 0.416 e. The minimum Gasteiger partial charge on any atom is -0.466 e. The van der Waals surface area contributed by atoms with Crippen LogP contribution >= 0.6 is 0 Å². The van der Waals surface area contributed by atoms with E-state index in [2.05, 4.69) is 0 Å². The van der Waals surface area contributed by atoms with Crippen molar-refractivity contribution in [3.8, 4) is 0 Å². The molecule has 0 aliphatic carbocycles. The molecule has 0 radical (unpaired) electrons. The molecular weight excluding hydrogens is 409 g/mol. The molecule has 3 rings (SSSR count). The van der Waals surface area contributed by atoms with Gasteiger partial charge in [-0.2, -0.15) is 17.5 Å². The average Bonchev–Trinajstić information content (AvgIpc) is 3.14. The van der Waals surface area contributed by atoms with Crippen molar-refractivity contribution in [2.24, 2.45) is 0 Å². The second kappa shape index (κ2) is 8.19. The lowest BCUT2D eigenvalue weighted by atomic mass is 10.1. The highest BCUT2D eigenvalue weighted by Gasteiger charge is 2.38. The lowest BCUT2D eigenvalue weighted by Crippen LogP contribution is -2.42. The lowest BCUT2D eigenvalue weighted by molar-refractivity contribution is -0.143. The minimum atomic E-state index is -4.65. The number of carbonyl (C=O) groups excluding carboxylic acids is 1. The largest absolute Gasteiger partial charge is 0.466 e. The SMILES string of the molecule is CCOC(=O)CCC1c2cccn2CCN1S(=O)(=O)c1cccc(C(F)(F)F)c1. The standard InChI is InChI=1S/C19H21F3N2O4S/c1-2-28-18(25)9-8-17-16-7-4-10-23(16)11-12-24(17)29(26,27)15-6-3-5-14(13-15)19(20,21)22/h3-7,10,13,17H,2,8-9,11-12H2,1H3. The van der Waals surface area contributed by atoms with Gasteiger partial charge in [-0.25, -0.2) is 8.42 Å². The Balaban J connectivity index is 1.95. The van der Waals surface area contributed by atoms with E-state index in [-0.39, 0.29) is 26.0 Å². The summed E-state index contributed by atoms with van der Waals surface area (Å²) in [5.74, 6) is -0.451. The molecule has 2 heterocycles. The van der Waals surface area contributed by atoms with Crippen molar-refractivity contribution in [3.05, 3.63) is 53.9 Å². The Hall–Kier alpha value is -2.33. The van der Waals surface area contributed by atoms with Crippen molar-refractivity contribution in [2.45, 2.75) is 43.4 Å². The molecule has 2 aromatic rings. The van der Waals surface area contributed by atoms with Crippen LogP contribution in [0, 0.1) is 0 Å². The number of hydrogen-bond donors (Lipinski definition) is 0. The van der Waals surface area contributed by atoms with Crippen molar-refractivity contribution in [1.82, 2.24) is 8.87 Å². The molecule has 0 spiro atoms. The molecule has 6 nitrogen and oxygen atoms in total. The number of esters is 1. The van der Waals surface area contributed by atoms with Crippen LogP contribution in [0.5, 0.6) is 0 Å². The number of alkyl halides is 3. The van der Waals surface area contributed by atoms with E-state index in [1.807, 2.05) is 4.57 Å². The van der Waals surface area contributed by atoms with Crippen molar-refractivity contribution < 1.29 is 31.1 Å². The molecule has 10 heteroatoms. The molecule has 0 saturated carbocycles. The number of hydrogen-bond acceptors (Lipinski definition) is 4. The third-order valence-corrected chi connectivity index (χ3v) is 6.71. The number of benzene rings is 1. The molecule has 0 N–H and O–H groups in total. The second-order valence-electron chi connectivity index (χ2n) is 6.63. The number of fused-ring (bicyclic) bond motifs is 1. The van der Waals surface area contributed by atoms with Gasteiger partial charge in [-0.15, -0.1) is 0 Å². The fourth-order valence-electron chi connectivity index (χ4n) is 3.48. The van der Waals surface area contributed by atoms with E-state index in [9.17, 15) is 26.4 Å². The van der Waals surface area contributed by atoms with E-state index in [1.165, 1.54) is 4.31 Å². The van der Waals surface area contributed by atoms with Gasteiger partial charge in [0, 0.05) is 31.4 Å². The highest BCUT2D eigenvalue weighted by atomic mass is 32.2. The van der Waals surface area contributed by atoms with E-state index in [1.54, 1.807) is 25.3 Å². The fraction of sp³-hybridized carbons (Fsp3) is 0.421. The van der Waals surface area contributed by atoms with Crippen molar-refractivity contribution in [3.63, 3.8) is 0 Å². The number of carbonyl (C=O) groups is 1. The molecule has 0 bridgehead atoms. The Morgan fingerprint density at radius 3 is 2.66 bits per heavy atom. The van der Waals surface area contributed by atoms with Crippen LogP contribution in [0.25, 0.3) is 0 Å². The zero-order chi connectivity index (χ0) is 21.2. The van der Waals surface area contributed by atoms with Crippen LogP contribution in [0.15, 0.2) is 47.5 Å². The summed E-state index contributed by atoms with van der Waals surface area (Å²) in [6, 6.07) is 6.56. The van der Waals surface area contributed by atoms with Crippen LogP contribution in [0.4, 0.5) is 13.2 Å². The monoisotopic (exact) mass is 430 g/mol. The number of sulfonamides is 1. The van der Waals surface area contributed by atoms with E-state index >= 15 is 0 Å². The Bertz CT molecular complexity index is 985. The van der Waals surface area contributed by atoms with Gasteiger partial charge in [0.25, 0.3) is 0 Å². The van der Waals surface area contributed by atoms with E-state index in [4.69, 9.17) is 4.74 Å². The van der Waals surface area contributed by atoms with Gasteiger partial charge in [0.2, 0.25) is 10.0 Å². The maximum absolute atomic E-state index is 13.2. The Labute approximate surface area is 166 Å². The molecule has 1 aromatic carbocycles. The molecule has 29 heavy (non-hydrogen) atoms. The summed E-state index contributed by atoms with van der Waals surface area (Å²) in [6.45, 7) is 2.35. The molecule has 1 unspecified atom stereocenters. The number of nitrogens with zero attached hydrogens (tertiary/aromatic N) is 2. The van der Waals surface area contributed by atoms with Crippen LogP contribution in [-0.4, -0.2) is 36.4 Å². The zero-order valence-electron chi connectivity index (χ0n) is 15.7. The fourth-order valence-corrected chi connectivity index (χ4v) is 5.15. The third-order valence-electron chi connectivity index (χ3n) is 4.81. The summed E-state index contributed by atoms with van der Waals surface area (Å²) in [7, 11) is -4.21. The maximum Gasteiger partial charge on any atom is 0.416 e. The Kier molecular flexibility index (Phi) is 6.04. The van der Waals surface area contributed by atoms with E-state index in [0.29, 0.717) is 18.3 Å². The normalized spacial score (nSPS) is 17.7. The van der Waals surface area contributed by atoms with Crippen LogP contribution in [0.1, 0.15) is 37.1 Å². The van der Waals surface area contributed by atoms with Crippen LogP contribution < -0.4 is 0 Å².